The Bertz CT molecular complexity index is 3610. The van der Waals surface area contributed by atoms with Crippen LogP contribution in [0.2, 0.25) is 0 Å². The molecular formula is C58H37N5. The zero-order valence-electron chi connectivity index (χ0n) is 34.1. The van der Waals surface area contributed by atoms with Crippen LogP contribution in [0, 0.1) is 0 Å². The largest absolute Gasteiger partial charge is 0.309 e. The summed E-state index contributed by atoms with van der Waals surface area (Å²) in [6.45, 7) is 0. The predicted molar refractivity (Wildman–Crippen MR) is 260 cm³/mol. The minimum Gasteiger partial charge on any atom is -0.309 e. The number of hydrogen-bond donors (Lipinski definition) is 0. The third-order valence-electron chi connectivity index (χ3n) is 12.6. The molecule has 0 aliphatic rings. The molecular weight excluding hydrogens is 767 g/mol. The summed E-state index contributed by atoms with van der Waals surface area (Å²) in [5.41, 5.74) is 16.6. The Morgan fingerprint density at radius 3 is 1.10 bits per heavy atom. The van der Waals surface area contributed by atoms with Crippen LogP contribution in [0.5, 0.6) is 0 Å². The molecule has 13 rings (SSSR count). The SMILES string of the molecule is c1ccc(-n2c(-c3cccc(-c4ccc5c6c4ccc4c(-c7cccc(-c8nc9ccccc9n8-c8ccccc8)c7)ccc(c46)n5-c4ccccc4)c3)nc3ccccc32)cc1. The molecule has 294 valence electrons. The maximum atomic E-state index is 5.21. The molecule has 5 heteroatoms. The quantitative estimate of drug-likeness (QED) is 0.151. The Morgan fingerprint density at radius 2 is 0.651 bits per heavy atom. The van der Waals surface area contributed by atoms with Gasteiger partial charge < -0.3 is 4.57 Å². The van der Waals surface area contributed by atoms with E-state index in [1.807, 2.05) is 0 Å². The smallest absolute Gasteiger partial charge is 0.145 e. The normalized spacial score (nSPS) is 11.8. The van der Waals surface area contributed by atoms with E-state index in [1.165, 1.54) is 43.7 Å². The number of hydrogen-bond acceptors (Lipinski definition) is 2. The minimum absolute atomic E-state index is 0.920. The van der Waals surface area contributed by atoms with Crippen LogP contribution in [-0.2, 0) is 0 Å². The maximum absolute atomic E-state index is 5.21. The van der Waals surface area contributed by atoms with Crippen molar-refractivity contribution in [1.82, 2.24) is 23.7 Å². The summed E-state index contributed by atoms with van der Waals surface area (Å²) in [4.78, 5) is 10.4. The first-order valence-electron chi connectivity index (χ1n) is 21.4. The molecule has 3 heterocycles. The molecule has 0 saturated heterocycles. The molecule has 0 N–H and O–H groups in total. The van der Waals surface area contributed by atoms with Gasteiger partial charge in [-0.15, -0.1) is 0 Å². The number of aromatic nitrogens is 5. The van der Waals surface area contributed by atoms with E-state index >= 15 is 0 Å². The monoisotopic (exact) mass is 803 g/mol. The molecule has 0 spiro atoms. The highest BCUT2D eigenvalue weighted by atomic mass is 15.1. The van der Waals surface area contributed by atoms with Crippen LogP contribution in [0.4, 0.5) is 0 Å². The first-order valence-corrected chi connectivity index (χ1v) is 21.4. The Hall–Kier alpha value is -8.54. The van der Waals surface area contributed by atoms with Gasteiger partial charge in [-0.2, -0.15) is 0 Å². The molecule has 0 aliphatic carbocycles. The van der Waals surface area contributed by atoms with Crippen molar-refractivity contribution in [3.05, 3.63) is 224 Å². The molecule has 13 aromatic rings. The third-order valence-corrected chi connectivity index (χ3v) is 12.6. The second-order valence-electron chi connectivity index (χ2n) is 16.2. The Balaban J connectivity index is 1.01. The molecule has 0 unspecified atom stereocenters. The molecule has 63 heavy (non-hydrogen) atoms. The van der Waals surface area contributed by atoms with E-state index in [0.29, 0.717) is 0 Å². The first-order chi connectivity index (χ1) is 31.3. The molecule has 0 fully saturated rings. The van der Waals surface area contributed by atoms with Crippen molar-refractivity contribution < 1.29 is 0 Å². The van der Waals surface area contributed by atoms with Gasteiger partial charge >= 0.3 is 0 Å². The number of imidazole rings is 2. The molecule has 10 aromatic carbocycles. The van der Waals surface area contributed by atoms with Crippen LogP contribution in [0.1, 0.15) is 0 Å². The second kappa shape index (κ2) is 14.0. The predicted octanol–water partition coefficient (Wildman–Crippen LogP) is 14.7. The van der Waals surface area contributed by atoms with Crippen LogP contribution in [0.15, 0.2) is 224 Å². The lowest BCUT2D eigenvalue weighted by Crippen LogP contribution is -1.97. The standard InChI is InChI=1S/C58H37N5/c1-4-20-42(21-5-1)61-53-34-32-45(38-16-14-18-40(36-38)57-59-49-26-10-12-28-51(49)62(57)43-22-6-2-7-23-43)47-30-31-48-46(33-35-54(61)56(48)55(47)53)39-17-15-19-41(37-39)58-60-50-27-11-13-29-52(50)63(58)44-24-8-3-9-25-44/h1-37H. The van der Waals surface area contributed by atoms with Crippen molar-refractivity contribution >= 4 is 54.6 Å². The van der Waals surface area contributed by atoms with Crippen molar-refractivity contribution in [2.24, 2.45) is 0 Å². The van der Waals surface area contributed by atoms with E-state index < -0.39 is 0 Å². The molecule has 0 radical (unpaired) electrons. The molecule has 0 saturated carbocycles. The average molecular weight is 804 g/mol. The number of para-hydroxylation sites is 7. The minimum atomic E-state index is 0.920. The summed E-state index contributed by atoms with van der Waals surface area (Å²) in [5, 5.41) is 4.95. The lowest BCUT2D eigenvalue weighted by atomic mass is 9.91. The van der Waals surface area contributed by atoms with Gasteiger partial charge in [-0.25, -0.2) is 9.97 Å². The summed E-state index contributed by atoms with van der Waals surface area (Å²) < 4.78 is 6.97. The summed E-state index contributed by atoms with van der Waals surface area (Å²) in [6.07, 6.45) is 0. The van der Waals surface area contributed by atoms with Crippen LogP contribution in [0.25, 0.3) is 117 Å². The highest BCUT2D eigenvalue weighted by Crippen LogP contribution is 2.46. The van der Waals surface area contributed by atoms with E-state index in [2.05, 4.69) is 238 Å². The topological polar surface area (TPSA) is 40.6 Å². The van der Waals surface area contributed by atoms with E-state index in [-0.39, 0.29) is 0 Å². The average Bonchev–Trinajstić information content (AvgIpc) is 4.05. The fourth-order valence-electron chi connectivity index (χ4n) is 9.88. The summed E-state index contributed by atoms with van der Waals surface area (Å²) in [5.74, 6) is 1.84. The van der Waals surface area contributed by atoms with Gasteiger partial charge in [-0.3, -0.25) is 9.13 Å². The van der Waals surface area contributed by atoms with Crippen LogP contribution in [-0.4, -0.2) is 23.7 Å². The van der Waals surface area contributed by atoms with Crippen molar-refractivity contribution in [2.75, 3.05) is 0 Å². The molecule has 5 nitrogen and oxygen atoms in total. The molecule has 0 amide bonds. The molecule has 3 aromatic heterocycles. The van der Waals surface area contributed by atoms with E-state index in [0.717, 1.165) is 73.0 Å². The van der Waals surface area contributed by atoms with Gasteiger partial charge in [0.05, 0.1) is 33.1 Å². The molecule has 0 bridgehead atoms. The van der Waals surface area contributed by atoms with Crippen LogP contribution in [0.3, 0.4) is 0 Å². The lowest BCUT2D eigenvalue weighted by molar-refractivity contribution is 1.10. The van der Waals surface area contributed by atoms with Crippen molar-refractivity contribution in [1.29, 1.82) is 0 Å². The summed E-state index contributed by atoms with van der Waals surface area (Å²) >= 11 is 0. The van der Waals surface area contributed by atoms with Crippen molar-refractivity contribution in [3.63, 3.8) is 0 Å². The number of benzene rings is 10. The zero-order valence-corrected chi connectivity index (χ0v) is 34.1. The summed E-state index contributed by atoms with van der Waals surface area (Å²) in [6, 6.07) is 80.2. The van der Waals surface area contributed by atoms with Gasteiger partial charge in [-0.1, -0.05) is 140 Å². The van der Waals surface area contributed by atoms with E-state index in [1.54, 1.807) is 0 Å². The lowest BCUT2D eigenvalue weighted by Gasteiger charge is -2.14. The zero-order chi connectivity index (χ0) is 41.4. The molecule has 0 aliphatic heterocycles. The number of rotatable bonds is 7. The van der Waals surface area contributed by atoms with Gasteiger partial charge in [0, 0.05) is 39.0 Å². The van der Waals surface area contributed by atoms with Crippen LogP contribution < -0.4 is 0 Å². The number of fused-ring (bicyclic) bond motifs is 2. The van der Waals surface area contributed by atoms with Gasteiger partial charge in [0.25, 0.3) is 0 Å². The fraction of sp³-hybridized carbons (Fsp3) is 0. The van der Waals surface area contributed by atoms with Gasteiger partial charge in [0.1, 0.15) is 11.6 Å². The number of nitrogens with zero attached hydrogens (tertiary/aromatic N) is 5. The maximum Gasteiger partial charge on any atom is 0.145 e. The Labute approximate surface area is 363 Å². The van der Waals surface area contributed by atoms with Crippen LogP contribution >= 0.6 is 0 Å². The van der Waals surface area contributed by atoms with E-state index in [4.69, 9.17) is 9.97 Å². The van der Waals surface area contributed by atoms with Gasteiger partial charge in [0.15, 0.2) is 0 Å². The summed E-state index contributed by atoms with van der Waals surface area (Å²) in [7, 11) is 0. The second-order valence-corrected chi connectivity index (χ2v) is 16.2. The van der Waals surface area contributed by atoms with Gasteiger partial charge in [0.2, 0.25) is 0 Å². The highest BCUT2D eigenvalue weighted by Gasteiger charge is 2.23. The first kappa shape index (κ1) is 35.2. The van der Waals surface area contributed by atoms with Crippen molar-refractivity contribution in [2.45, 2.75) is 0 Å². The fourth-order valence-corrected chi connectivity index (χ4v) is 9.88. The van der Waals surface area contributed by atoms with Crippen molar-refractivity contribution in [3.8, 4) is 62.1 Å². The Morgan fingerprint density at radius 1 is 0.270 bits per heavy atom. The Kier molecular flexibility index (Phi) is 7.84. The molecule has 0 atom stereocenters. The van der Waals surface area contributed by atoms with Gasteiger partial charge in [-0.05, 0) is 118 Å². The third kappa shape index (κ3) is 5.50. The highest BCUT2D eigenvalue weighted by molar-refractivity contribution is 6.28. The van der Waals surface area contributed by atoms with E-state index in [9.17, 15) is 0 Å².